The van der Waals surface area contributed by atoms with Crippen LogP contribution in [-0.4, -0.2) is 41.1 Å². The minimum absolute atomic E-state index is 0.125. The zero-order valence-corrected chi connectivity index (χ0v) is 11.5. The lowest BCUT2D eigenvalue weighted by molar-refractivity contribution is -0.138. The first-order chi connectivity index (χ1) is 9.62. The van der Waals surface area contributed by atoms with E-state index < -0.39 is 38.7 Å². The number of hydrogen-bond acceptors (Lipinski definition) is 6. The Morgan fingerprint density at radius 2 is 1.95 bits per heavy atom. The molecule has 1 aromatic rings. The number of aliphatic carboxylic acids is 1. The molecule has 1 rings (SSSR count). The Kier molecular flexibility index (Phi) is 5.24. The third kappa shape index (κ3) is 4.70. The van der Waals surface area contributed by atoms with E-state index in [-0.39, 0.29) is 18.5 Å². The lowest BCUT2D eigenvalue weighted by Crippen LogP contribution is -2.31. The SMILES string of the molecule is NC(CCC(=O)Nc1cccc(S(=O)(=O)O)c1O)C(=O)O. The molecule has 0 aliphatic carbocycles. The van der Waals surface area contributed by atoms with Crippen molar-refractivity contribution in [3.05, 3.63) is 18.2 Å². The van der Waals surface area contributed by atoms with Gasteiger partial charge in [-0.25, -0.2) is 0 Å². The standard InChI is InChI=1S/C11H14N2O7S/c12-6(11(16)17)4-5-9(14)13-7-2-1-3-8(10(7)15)21(18,19)20/h1-3,6,15H,4-5,12H2,(H,13,14)(H,16,17)(H,18,19,20). The molecule has 0 aliphatic rings. The van der Waals surface area contributed by atoms with Crippen molar-refractivity contribution < 1.29 is 32.8 Å². The number of rotatable bonds is 6. The summed E-state index contributed by atoms with van der Waals surface area (Å²) in [5.41, 5.74) is 5.00. The highest BCUT2D eigenvalue weighted by molar-refractivity contribution is 7.86. The molecule has 6 N–H and O–H groups in total. The molecule has 0 aromatic heterocycles. The number of nitrogens with two attached hydrogens (primary N) is 1. The molecule has 0 fully saturated rings. The zero-order chi connectivity index (χ0) is 16.2. The predicted octanol–water partition coefficient (Wildman–Crippen LogP) is -0.231. The van der Waals surface area contributed by atoms with E-state index in [4.69, 9.17) is 15.4 Å². The third-order valence-electron chi connectivity index (χ3n) is 2.55. The van der Waals surface area contributed by atoms with Gasteiger partial charge in [0.15, 0.2) is 5.75 Å². The van der Waals surface area contributed by atoms with Crippen LogP contribution in [0.1, 0.15) is 12.8 Å². The fourth-order valence-electron chi connectivity index (χ4n) is 1.45. The lowest BCUT2D eigenvalue weighted by atomic mass is 10.1. The fraction of sp³-hybridized carbons (Fsp3) is 0.273. The quantitative estimate of drug-likeness (QED) is 0.354. The van der Waals surface area contributed by atoms with E-state index >= 15 is 0 Å². The minimum atomic E-state index is -4.63. The van der Waals surface area contributed by atoms with Gasteiger partial charge in [0.2, 0.25) is 5.91 Å². The first kappa shape index (κ1) is 16.9. The van der Waals surface area contributed by atoms with Crippen LogP contribution in [0.2, 0.25) is 0 Å². The number of carboxylic acid groups (broad SMARTS) is 1. The van der Waals surface area contributed by atoms with Crippen LogP contribution < -0.4 is 11.1 Å². The van der Waals surface area contributed by atoms with Gasteiger partial charge in [-0.1, -0.05) is 6.07 Å². The number of hydrogen-bond donors (Lipinski definition) is 5. The summed E-state index contributed by atoms with van der Waals surface area (Å²) in [6, 6.07) is 2.19. The van der Waals surface area contributed by atoms with Crippen LogP contribution in [-0.2, 0) is 19.7 Å². The maximum atomic E-state index is 11.6. The number of phenols is 1. The minimum Gasteiger partial charge on any atom is -0.504 e. The van der Waals surface area contributed by atoms with Crippen LogP contribution in [0.15, 0.2) is 23.1 Å². The average molecular weight is 318 g/mol. The molecule has 21 heavy (non-hydrogen) atoms. The molecule has 0 saturated carbocycles. The second kappa shape index (κ2) is 6.52. The van der Waals surface area contributed by atoms with Gasteiger partial charge in [-0.05, 0) is 18.6 Å². The monoisotopic (exact) mass is 318 g/mol. The van der Waals surface area contributed by atoms with Gasteiger partial charge in [0, 0.05) is 6.42 Å². The van der Waals surface area contributed by atoms with Crippen molar-refractivity contribution in [3.8, 4) is 5.75 Å². The lowest BCUT2D eigenvalue weighted by Gasteiger charge is -2.10. The van der Waals surface area contributed by atoms with Crippen LogP contribution in [0.5, 0.6) is 5.75 Å². The Morgan fingerprint density at radius 1 is 1.33 bits per heavy atom. The van der Waals surface area contributed by atoms with Crippen LogP contribution in [0, 0.1) is 0 Å². The number of phenolic OH excluding ortho intramolecular Hbond substituents is 1. The van der Waals surface area contributed by atoms with E-state index in [0.717, 1.165) is 6.07 Å². The number of benzene rings is 1. The summed E-state index contributed by atoms with van der Waals surface area (Å²) in [4.78, 5) is 21.3. The summed E-state index contributed by atoms with van der Waals surface area (Å²) in [6.45, 7) is 0. The van der Waals surface area contributed by atoms with Gasteiger partial charge in [-0.2, -0.15) is 8.42 Å². The summed E-state index contributed by atoms with van der Waals surface area (Å²) >= 11 is 0. The molecule has 0 radical (unpaired) electrons. The molecule has 10 heteroatoms. The number of nitrogens with one attached hydrogen (secondary N) is 1. The highest BCUT2D eigenvalue weighted by Gasteiger charge is 2.19. The predicted molar refractivity (Wildman–Crippen MR) is 71.4 cm³/mol. The van der Waals surface area contributed by atoms with Crippen LogP contribution in [0.4, 0.5) is 5.69 Å². The molecule has 9 nitrogen and oxygen atoms in total. The van der Waals surface area contributed by atoms with Gasteiger partial charge < -0.3 is 21.3 Å². The van der Waals surface area contributed by atoms with E-state index in [1.165, 1.54) is 12.1 Å². The van der Waals surface area contributed by atoms with Crippen molar-refractivity contribution in [3.63, 3.8) is 0 Å². The van der Waals surface area contributed by atoms with Crippen LogP contribution >= 0.6 is 0 Å². The molecule has 116 valence electrons. The maximum absolute atomic E-state index is 11.6. The number of carbonyl (C=O) groups excluding carboxylic acids is 1. The molecule has 1 unspecified atom stereocenters. The van der Waals surface area contributed by atoms with E-state index in [1.54, 1.807) is 0 Å². The van der Waals surface area contributed by atoms with Crippen molar-refractivity contribution in [2.24, 2.45) is 5.73 Å². The van der Waals surface area contributed by atoms with E-state index in [0.29, 0.717) is 0 Å². The van der Waals surface area contributed by atoms with E-state index in [2.05, 4.69) is 5.32 Å². The van der Waals surface area contributed by atoms with Gasteiger partial charge in [-0.15, -0.1) is 0 Å². The topological polar surface area (TPSA) is 167 Å². The molecular weight excluding hydrogens is 304 g/mol. The second-order valence-electron chi connectivity index (χ2n) is 4.16. The highest BCUT2D eigenvalue weighted by Crippen LogP contribution is 2.30. The summed E-state index contributed by atoms with van der Waals surface area (Å²) in [6.07, 6.45) is -0.358. The summed E-state index contributed by atoms with van der Waals surface area (Å²) in [7, 11) is -4.63. The van der Waals surface area contributed by atoms with Crippen molar-refractivity contribution >= 4 is 27.7 Å². The van der Waals surface area contributed by atoms with Gasteiger partial charge in [-0.3, -0.25) is 14.1 Å². The second-order valence-corrected chi connectivity index (χ2v) is 5.55. The molecule has 0 aliphatic heterocycles. The molecular formula is C11H14N2O7S. The van der Waals surface area contributed by atoms with Crippen molar-refractivity contribution in [1.29, 1.82) is 0 Å². The normalized spacial score (nSPS) is 12.7. The summed E-state index contributed by atoms with van der Waals surface area (Å²) in [5.74, 6) is -2.72. The molecule has 1 amide bonds. The van der Waals surface area contributed by atoms with Gasteiger partial charge in [0.1, 0.15) is 10.9 Å². The van der Waals surface area contributed by atoms with Crippen LogP contribution in [0.3, 0.4) is 0 Å². The number of anilines is 1. The summed E-state index contributed by atoms with van der Waals surface area (Å²) < 4.78 is 30.8. The molecule has 0 saturated heterocycles. The smallest absolute Gasteiger partial charge is 0.320 e. The Hall–Kier alpha value is -2.17. The third-order valence-corrected chi connectivity index (χ3v) is 3.44. The molecule has 1 aromatic carbocycles. The molecule has 1 atom stereocenters. The number of amides is 1. The van der Waals surface area contributed by atoms with Gasteiger partial charge in [0.25, 0.3) is 10.1 Å². The molecule has 0 spiro atoms. The number of para-hydroxylation sites is 1. The van der Waals surface area contributed by atoms with Gasteiger partial charge >= 0.3 is 5.97 Å². The van der Waals surface area contributed by atoms with Crippen molar-refractivity contribution in [1.82, 2.24) is 0 Å². The van der Waals surface area contributed by atoms with E-state index in [1.807, 2.05) is 0 Å². The maximum Gasteiger partial charge on any atom is 0.320 e. The Morgan fingerprint density at radius 3 is 2.48 bits per heavy atom. The first-order valence-electron chi connectivity index (χ1n) is 5.70. The van der Waals surface area contributed by atoms with Crippen LogP contribution in [0.25, 0.3) is 0 Å². The number of carboxylic acids is 1. The molecule has 0 heterocycles. The fourth-order valence-corrected chi connectivity index (χ4v) is 2.06. The highest BCUT2D eigenvalue weighted by atomic mass is 32.2. The largest absolute Gasteiger partial charge is 0.504 e. The van der Waals surface area contributed by atoms with Gasteiger partial charge in [0.05, 0.1) is 5.69 Å². The Labute approximate surface area is 120 Å². The first-order valence-corrected chi connectivity index (χ1v) is 7.14. The molecule has 0 bridgehead atoms. The summed E-state index contributed by atoms with van der Waals surface area (Å²) in [5, 5.41) is 20.4. The Bertz CT molecular complexity index is 657. The average Bonchev–Trinajstić information content (AvgIpc) is 2.36. The number of aromatic hydroxyl groups is 1. The number of carbonyl (C=O) groups is 2. The van der Waals surface area contributed by atoms with Crippen molar-refractivity contribution in [2.45, 2.75) is 23.8 Å². The Balaban J connectivity index is 2.80. The van der Waals surface area contributed by atoms with Crippen molar-refractivity contribution in [2.75, 3.05) is 5.32 Å². The van der Waals surface area contributed by atoms with E-state index in [9.17, 15) is 23.1 Å². The zero-order valence-electron chi connectivity index (χ0n) is 10.7.